The number of nitrogens with two attached hydrogens (primary N) is 1. The van der Waals surface area contributed by atoms with E-state index in [1.165, 1.54) is 9.80 Å². The van der Waals surface area contributed by atoms with E-state index < -0.39 is 64.0 Å². The summed E-state index contributed by atoms with van der Waals surface area (Å²) in [7, 11) is 0. The van der Waals surface area contributed by atoms with Crippen LogP contribution in [0.4, 0.5) is 4.79 Å². The Balaban J connectivity index is 1.60. The van der Waals surface area contributed by atoms with Gasteiger partial charge in [0, 0.05) is 25.9 Å². The number of likely N-dealkylation sites (tertiary alicyclic amines) is 2. The minimum absolute atomic E-state index is 0.00540. The molecule has 0 radical (unpaired) electrons. The maximum Gasteiger partial charge on any atom is 0.315 e. The van der Waals surface area contributed by atoms with Gasteiger partial charge in [0.1, 0.15) is 12.1 Å². The number of nitrogens with zero attached hydrogens (tertiary/aromatic N) is 2. The third kappa shape index (κ3) is 10.3. The van der Waals surface area contributed by atoms with Gasteiger partial charge in [-0.3, -0.25) is 33.7 Å². The van der Waals surface area contributed by atoms with Crippen molar-refractivity contribution in [1.82, 2.24) is 25.8 Å². The van der Waals surface area contributed by atoms with Crippen LogP contribution >= 0.6 is 0 Å². The average Bonchev–Trinajstić information content (AvgIpc) is 3.51. The number of primary amides is 1. The van der Waals surface area contributed by atoms with Crippen LogP contribution in [-0.2, 0) is 28.8 Å². The first-order valence-electron chi connectivity index (χ1n) is 19.6. The molecule has 0 spiro atoms. The zero-order chi connectivity index (χ0) is 39.5. The summed E-state index contributed by atoms with van der Waals surface area (Å²) in [5.74, 6) is -3.79. The SMILES string of the molecule is C=CC(C)(C)[C@H]1CCN(C(=O)[C@@H](NC(=O)N[C@H](CN2C(=O)CC(C)(C)CC2=O)C(C)(C)C)C2CCCCC2)[C@@H]1C(=O)NC(CC1CCC1)C(=O)C(N)=O. The van der Waals surface area contributed by atoms with Crippen LogP contribution in [0.1, 0.15) is 126 Å². The first-order chi connectivity index (χ1) is 24.6. The Morgan fingerprint density at radius 1 is 0.887 bits per heavy atom. The molecule has 13 nitrogen and oxygen atoms in total. The number of amides is 7. The lowest BCUT2D eigenvalue weighted by Crippen LogP contribution is -2.62. The third-order valence-corrected chi connectivity index (χ3v) is 12.4. The summed E-state index contributed by atoms with van der Waals surface area (Å²) < 4.78 is 0. The minimum Gasteiger partial charge on any atom is -0.363 e. The highest BCUT2D eigenvalue weighted by atomic mass is 16.2. The number of carbonyl (C=O) groups excluding carboxylic acids is 7. The number of Topliss-reactive ketones (excluding diaryl/α,β-unsaturated/α-hetero) is 1. The van der Waals surface area contributed by atoms with Crippen molar-refractivity contribution in [1.29, 1.82) is 0 Å². The van der Waals surface area contributed by atoms with Crippen LogP contribution in [0.15, 0.2) is 12.7 Å². The van der Waals surface area contributed by atoms with Gasteiger partial charge in [-0.2, -0.15) is 0 Å². The molecule has 0 aromatic carbocycles. The third-order valence-electron chi connectivity index (χ3n) is 12.4. The fraction of sp³-hybridized carbons (Fsp3) is 0.775. The lowest BCUT2D eigenvalue weighted by Gasteiger charge is -2.40. The van der Waals surface area contributed by atoms with E-state index >= 15 is 0 Å². The van der Waals surface area contributed by atoms with Gasteiger partial charge in [-0.15, -0.1) is 6.58 Å². The van der Waals surface area contributed by atoms with E-state index in [0.29, 0.717) is 12.8 Å². The lowest BCUT2D eigenvalue weighted by atomic mass is 9.74. The highest BCUT2D eigenvalue weighted by molar-refractivity contribution is 6.37. The predicted molar refractivity (Wildman–Crippen MR) is 201 cm³/mol. The molecule has 4 rings (SSSR count). The van der Waals surface area contributed by atoms with Gasteiger partial charge >= 0.3 is 6.03 Å². The molecule has 2 aliphatic heterocycles. The van der Waals surface area contributed by atoms with Gasteiger partial charge in [-0.25, -0.2) is 4.79 Å². The van der Waals surface area contributed by atoms with Gasteiger partial charge in [0.15, 0.2) is 0 Å². The number of hydrogen-bond acceptors (Lipinski definition) is 7. The Morgan fingerprint density at radius 2 is 1.49 bits per heavy atom. The highest BCUT2D eigenvalue weighted by Gasteiger charge is 2.50. The molecule has 296 valence electrons. The van der Waals surface area contributed by atoms with Gasteiger partial charge < -0.3 is 26.6 Å². The first-order valence-corrected chi connectivity index (χ1v) is 19.6. The molecule has 13 heteroatoms. The number of rotatable bonds is 14. The number of piperidine rings is 1. The second-order valence-electron chi connectivity index (χ2n) is 18.5. The summed E-state index contributed by atoms with van der Waals surface area (Å²) in [6, 6.07) is -4.24. The molecule has 53 heavy (non-hydrogen) atoms. The van der Waals surface area contributed by atoms with Crippen LogP contribution < -0.4 is 21.7 Å². The van der Waals surface area contributed by atoms with Crippen molar-refractivity contribution in [3.8, 4) is 0 Å². The topological polar surface area (TPSA) is 188 Å². The van der Waals surface area contributed by atoms with E-state index in [2.05, 4.69) is 22.5 Å². The van der Waals surface area contributed by atoms with Crippen LogP contribution in [-0.4, -0.2) is 88.4 Å². The van der Waals surface area contributed by atoms with Crippen LogP contribution in [0, 0.1) is 34.0 Å². The van der Waals surface area contributed by atoms with Crippen LogP contribution in [0.2, 0.25) is 0 Å². The largest absolute Gasteiger partial charge is 0.363 e. The molecular weight excluding hydrogens is 676 g/mol. The number of carbonyl (C=O) groups is 7. The zero-order valence-electron chi connectivity index (χ0n) is 33.1. The summed E-state index contributed by atoms with van der Waals surface area (Å²) in [6.07, 6.45) is 10.1. The monoisotopic (exact) mass is 740 g/mol. The molecule has 4 aliphatic rings. The number of urea groups is 1. The maximum absolute atomic E-state index is 14.8. The number of nitrogens with one attached hydrogen (secondary N) is 3. The number of ketones is 1. The molecule has 0 aromatic heterocycles. The first kappa shape index (κ1) is 42.0. The predicted octanol–water partition coefficient (Wildman–Crippen LogP) is 3.98. The smallest absolute Gasteiger partial charge is 0.315 e. The molecule has 5 N–H and O–H groups in total. The molecule has 2 heterocycles. The molecular formula is C40H64N6O7. The van der Waals surface area contributed by atoms with Crippen molar-refractivity contribution in [2.45, 2.75) is 150 Å². The summed E-state index contributed by atoms with van der Waals surface area (Å²) in [5.41, 5.74) is 3.85. The number of imide groups is 1. The van der Waals surface area contributed by atoms with E-state index in [0.717, 1.165) is 51.4 Å². The summed E-state index contributed by atoms with van der Waals surface area (Å²) in [4.78, 5) is 96.9. The van der Waals surface area contributed by atoms with E-state index in [-0.39, 0.29) is 61.4 Å². The normalized spacial score (nSPS) is 24.4. The van der Waals surface area contributed by atoms with Gasteiger partial charge in [0.05, 0.1) is 12.1 Å². The van der Waals surface area contributed by atoms with Crippen LogP contribution in [0.3, 0.4) is 0 Å². The molecule has 0 bridgehead atoms. The Bertz CT molecular complexity index is 1420. The van der Waals surface area contributed by atoms with Crippen molar-refractivity contribution in [2.24, 2.45) is 39.7 Å². The van der Waals surface area contributed by atoms with Crippen molar-refractivity contribution in [2.75, 3.05) is 13.1 Å². The Labute approximate surface area is 315 Å². The average molecular weight is 741 g/mol. The molecule has 0 aromatic rings. The van der Waals surface area contributed by atoms with E-state index in [1.54, 1.807) is 6.08 Å². The van der Waals surface area contributed by atoms with Crippen molar-refractivity contribution in [3.63, 3.8) is 0 Å². The van der Waals surface area contributed by atoms with Crippen molar-refractivity contribution in [3.05, 3.63) is 12.7 Å². The second kappa shape index (κ2) is 16.7. The number of hydrogen-bond donors (Lipinski definition) is 4. The fourth-order valence-corrected chi connectivity index (χ4v) is 8.52. The molecule has 1 unspecified atom stereocenters. The van der Waals surface area contributed by atoms with Gasteiger partial charge in [-0.1, -0.05) is 93.1 Å². The van der Waals surface area contributed by atoms with Crippen LogP contribution in [0.5, 0.6) is 0 Å². The molecule has 4 fully saturated rings. The molecule has 7 amide bonds. The Kier molecular flexibility index (Phi) is 13.2. The lowest BCUT2D eigenvalue weighted by molar-refractivity contribution is -0.153. The Morgan fingerprint density at radius 3 is 2.00 bits per heavy atom. The zero-order valence-corrected chi connectivity index (χ0v) is 33.1. The van der Waals surface area contributed by atoms with Gasteiger partial charge in [-0.05, 0) is 59.7 Å². The summed E-state index contributed by atoms with van der Waals surface area (Å²) in [6.45, 7) is 17.7. The standard InChI is InChI=1S/C40H64N6O7/c1-9-40(7,8)26-18-19-45(32(26)35(51)42-27(33(49)34(41)50)20-24-14-13-15-24)36(52)31(25-16-11-10-12-17-25)44-37(53)43-28(38(2,3)4)23-46-29(47)21-39(5,6)22-30(46)48/h9,24-28,31-32H,1,10-23H2,2-8H3,(H2,41,50)(H,42,51)(H2,43,44,53)/t26-,27?,28+,31-,32-/m0/s1. The molecule has 2 aliphatic carbocycles. The highest BCUT2D eigenvalue weighted by Crippen LogP contribution is 2.41. The molecule has 2 saturated carbocycles. The van der Waals surface area contributed by atoms with Crippen molar-refractivity contribution >= 4 is 41.4 Å². The van der Waals surface area contributed by atoms with E-state index in [9.17, 15) is 33.6 Å². The Hall–Kier alpha value is -3.77. The number of allylic oxidation sites excluding steroid dienone is 1. The molecule has 5 atom stereocenters. The van der Waals surface area contributed by atoms with Crippen molar-refractivity contribution < 1.29 is 33.6 Å². The molecule has 2 saturated heterocycles. The van der Waals surface area contributed by atoms with Gasteiger partial charge in [0.2, 0.25) is 29.4 Å². The summed E-state index contributed by atoms with van der Waals surface area (Å²) >= 11 is 0. The fourth-order valence-electron chi connectivity index (χ4n) is 8.52. The quantitative estimate of drug-likeness (QED) is 0.118. The van der Waals surface area contributed by atoms with Crippen LogP contribution in [0.25, 0.3) is 0 Å². The van der Waals surface area contributed by atoms with Gasteiger partial charge in [0.25, 0.3) is 5.91 Å². The summed E-state index contributed by atoms with van der Waals surface area (Å²) in [5, 5.41) is 8.81. The second-order valence-corrected chi connectivity index (χ2v) is 18.5. The van der Waals surface area contributed by atoms with E-state index in [1.807, 2.05) is 48.5 Å². The maximum atomic E-state index is 14.8. The van der Waals surface area contributed by atoms with E-state index in [4.69, 9.17) is 5.73 Å². The minimum atomic E-state index is -1.11.